The number of benzene rings is 8. The van der Waals surface area contributed by atoms with Crippen molar-refractivity contribution in [2.75, 3.05) is 5.01 Å². The minimum Gasteiger partial charge on any atom is -0.276 e. The van der Waals surface area contributed by atoms with Crippen molar-refractivity contribution in [3.8, 4) is 44.5 Å². The number of rotatable bonds is 6. The van der Waals surface area contributed by atoms with Gasteiger partial charge in [-0.3, -0.25) is 5.01 Å². The van der Waals surface area contributed by atoms with Crippen LogP contribution in [0.5, 0.6) is 0 Å². The quantitative estimate of drug-likeness (QED) is 0.198. The molecule has 1 unspecified atom stereocenters. The van der Waals surface area contributed by atoms with Crippen LogP contribution in [-0.2, 0) is 0 Å². The van der Waals surface area contributed by atoms with Crippen molar-refractivity contribution in [1.29, 1.82) is 0 Å². The standard InChI is InChI=1S/C47H34N2/c1-4-14-33(15-5-1)41-28-42(34-16-6-2-7-17-34)30-43(29-41)37-22-12-20-35(26-37)36-21-13-23-40(27-36)47-45-31-38-18-10-11-19-39(38)32-46(45)49(48-47)44-24-8-3-9-25-44/h1-32,47-48H. The largest absolute Gasteiger partial charge is 0.276 e. The number of hydrogen-bond donors (Lipinski definition) is 1. The zero-order valence-corrected chi connectivity index (χ0v) is 27.0. The number of nitrogens with one attached hydrogen (secondary N) is 1. The van der Waals surface area contributed by atoms with Gasteiger partial charge in [0.2, 0.25) is 0 Å². The van der Waals surface area contributed by atoms with Crippen LogP contribution in [0.1, 0.15) is 17.2 Å². The highest BCUT2D eigenvalue weighted by Gasteiger charge is 2.31. The third-order valence-electron chi connectivity index (χ3n) is 9.62. The zero-order valence-electron chi connectivity index (χ0n) is 27.0. The van der Waals surface area contributed by atoms with Crippen LogP contribution in [0.15, 0.2) is 194 Å². The molecule has 232 valence electrons. The number of hydrazine groups is 1. The normalized spacial score (nSPS) is 13.8. The first-order valence-corrected chi connectivity index (χ1v) is 16.9. The van der Waals surface area contributed by atoms with Crippen LogP contribution in [0.2, 0.25) is 0 Å². The number of anilines is 2. The molecule has 1 N–H and O–H groups in total. The number of fused-ring (bicyclic) bond motifs is 2. The summed E-state index contributed by atoms with van der Waals surface area (Å²) in [6, 6.07) is 70.1. The molecule has 8 aromatic carbocycles. The second-order valence-corrected chi connectivity index (χ2v) is 12.7. The Labute approximate surface area is 287 Å². The first-order valence-electron chi connectivity index (χ1n) is 16.9. The summed E-state index contributed by atoms with van der Waals surface area (Å²) in [6.07, 6.45) is 0. The molecule has 1 aliphatic rings. The van der Waals surface area contributed by atoms with Crippen LogP contribution < -0.4 is 10.4 Å². The number of nitrogens with zero attached hydrogens (tertiary/aromatic N) is 1. The topological polar surface area (TPSA) is 15.3 Å². The monoisotopic (exact) mass is 626 g/mol. The molecule has 8 aromatic rings. The average molecular weight is 627 g/mol. The van der Waals surface area contributed by atoms with Crippen molar-refractivity contribution in [1.82, 2.24) is 5.43 Å². The Bertz CT molecular complexity index is 2360. The van der Waals surface area contributed by atoms with Crippen LogP contribution in [0.3, 0.4) is 0 Å². The predicted octanol–water partition coefficient (Wildman–Crippen LogP) is 12.3. The Morgan fingerprint density at radius 1 is 0.347 bits per heavy atom. The predicted molar refractivity (Wildman–Crippen MR) is 206 cm³/mol. The summed E-state index contributed by atoms with van der Waals surface area (Å²) < 4.78 is 0. The van der Waals surface area contributed by atoms with E-state index in [2.05, 4.69) is 205 Å². The van der Waals surface area contributed by atoms with Crippen LogP contribution in [0.4, 0.5) is 11.4 Å². The van der Waals surface area contributed by atoms with Crippen LogP contribution in [0.25, 0.3) is 55.3 Å². The highest BCUT2D eigenvalue weighted by molar-refractivity contribution is 5.90. The zero-order chi connectivity index (χ0) is 32.6. The molecule has 9 rings (SSSR count). The second-order valence-electron chi connectivity index (χ2n) is 12.7. The van der Waals surface area contributed by atoms with Crippen LogP contribution in [0, 0.1) is 0 Å². The van der Waals surface area contributed by atoms with Gasteiger partial charge in [0.1, 0.15) is 0 Å². The van der Waals surface area contributed by atoms with Gasteiger partial charge < -0.3 is 0 Å². The van der Waals surface area contributed by atoms with Crippen molar-refractivity contribution in [2.24, 2.45) is 0 Å². The van der Waals surface area contributed by atoms with E-state index in [1.54, 1.807) is 0 Å². The van der Waals surface area contributed by atoms with Gasteiger partial charge in [-0.2, -0.15) is 0 Å². The van der Waals surface area contributed by atoms with Gasteiger partial charge in [0.05, 0.1) is 17.4 Å². The second kappa shape index (κ2) is 12.4. The molecule has 0 fully saturated rings. The van der Waals surface area contributed by atoms with Crippen molar-refractivity contribution in [3.63, 3.8) is 0 Å². The van der Waals surface area contributed by atoms with E-state index in [0.717, 1.165) is 5.69 Å². The van der Waals surface area contributed by atoms with E-state index in [0.29, 0.717) is 0 Å². The smallest absolute Gasteiger partial charge is 0.0787 e. The average Bonchev–Trinajstić information content (AvgIpc) is 3.56. The lowest BCUT2D eigenvalue weighted by atomic mass is 9.91. The molecular weight excluding hydrogens is 593 g/mol. The van der Waals surface area contributed by atoms with Gasteiger partial charge >= 0.3 is 0 Å². The van der Waals surface area contributed by atoms with E-state index in [1.807, 2.05) is 0 Å². The minimum atomic E-state index is 0.0129. The lowest BCUT2D eigenvalue weighted by molar-refractivity contribution is 0.668. The molecule has 1 heterocycles. The summed E-state index contributed by atoms with van der Waals surface area (Å²) in [6.45, 7) is 0. The molecule has 1 atom stereocenters. The Hall–Kier alpha value is -6.22. The van der Waals surface area contributed by atoms with E-state index < -0.39 is 0 Å². The lowest BCUT2D eigenvalue weighted by Crippen LogP contribution is -2.30. The molecule has 0 spiro atoms. The van der Waals surface area contributed by atoms with E-state index in [9.17, 15) is 0 Å². The first kappa shape index (κ1) is 29.0. The van der Waals surface area contributed by atoms with E-state index in [-0.39, 0.29) is 6.04 Å². The van der Waals surface area contributed by atoms with Crippen LogP contribution >= 0.6 is 0 Å². The van der Waals surface area contributed by atoms with Crippen LogP contribution in [-0.4, -0.2) is 0 Å². The summed E-state index contributed by atoms with van der Waals surface area (Å²) in [7, 11) is 0. The van der Waals surface area contributed by atoms with Gasteiger partial charge in [-0.15, -0.1) is 0 Å². The lowest BCUT2D eigenvalue weighted by Gasteiger charge is -2.21. The van der Waals surface area contributed by atoms with Crippen molar-refractivity contribution in [3.05, 3.63) is 205 Å². The molecule has 49 heavy (non-hydrogen) atoms. The molecule has 1 aliphatic heterocycles. The summed E-state index contributed by atoms with van der Waals surface area (Å²) in [4.78, 5) is 0. The van der Waals surface area contributed by atoms with Gasteiger partial charge in [0.15, 0.2) is 0 Å². The maximum Gasteiger partial charge on any atom is 0.0787 e. The summed E-state index contributed by atoms with van der Waals surface area (Å²) in [5.41, 5.74) is 18.3. The molecular formula is C47H34N2. The van der Waals surface area contributed by atoms with Gasteiger partial charge in [-0.1, -0.05) is 140 Å². The summed E-state index contributed by atoms with van der Waals surface area (Å²) in [5.74, 6) is 0. The van der Waals surface area contributed by atoms with Crippen molar-refractivity contribution in [2.45, 2.75) is 6.04 Å². The fourth-order valence-electron chi connectivity index (χ4n) is 7.15. The van der Waals surface area contributed by atoms with E-state index >= 15 is 0 Å². The maximum atomic E-state index is 3.86. The SMILES string of the molecule is c1ccc(-c2cc(-c3ccccc3)cc(-c3cccc(-c4cccc(C5NN(c6ccccc6)c6cc7ccccc7cc65)c4)c3)c2)cc1. The highest BCUT2D eigenvalue weighted by Crippen LogP contribution is 2.43. The Balaban J connectivity index is 1.11. The summed E-state index contributed by atoms with van der Waals surface area (Å²) in [5, 5.41) is 4.73. The molecule has 0 radical (unpaired) electrons. The molecule has 0 saturated carbocycles. The van der Waals surface area contributed by atoms with Gasteiger partial charge in [0.25, 0.3) is 0 Å². The highest BCUT2D eigenvalue weighted by atomic mass is 15.5. The van der Waals surface area contributed by atoms with E-state index in [1.165, 1.54) is 72.1 Å². The molecule has 0 bridgehead atoms. The molecule has 0 aromatic heterocycles. The third kappa shape index (κ3) is 5.59. The Kier molecular flexibility index (Phi) is 7.34. The fraction of sp³-hybridized carbons (Fsp3) is 0.0213. The molecule has 0 amide bonds. The van der Waals surface area contributed by atoms with Gasteiger partial charge in [0, 0.05) is 5.56 Å². The van der Waals surface area contributed by atoms with Crippen molar-refractivity contribution < 1.29 is 0 Å². The fourth-order valence-corrected chi connectivity index (χ4v) is 7.15. The molecule has 2 nitrogen and oxygen atoms in total. The van der Waals surface area contributed by atoms with Gasteiger partial charge in [-0.25, -0.2) is 5.43 Å². The first-order chi connectivity index (χ1) is 24.3. The Morgan fingerprint density at radius 3 is 1.43 bits per heavy atom. The number of para-hydroxylation sites is 1. The number of hydrogen-bond acceptors (Lipinski definition) is 2. The summed E-state index contributed by atoms with van der Waals surface area (Å²) >= 11 is 0. The Morgan fingerprint density at radius 2 is 0.796 bits per heavy atom. The minimum absolute atomic E-state index is 0.0129. The maximum absolute atomic E-state index is 3.86. The third-order valence-corrected chi connectivity index (χ3v) is 9.62. The molecule has 2 heteroatoms. The van der Waals surface area contributed by atoms with E-state index in [4.69, 9.17) is 0 Å². The molecule has 0 saturated heterocycles. The van der Waals surface area contributed by atoms with Gasteiger partial charge in [-0.05, 0) is 115 Å². The van der Waals surface area contributed by atoms with Crippen molar-refractivity contribution >= 4 is 22.1 Å². The molecule has 0 aliphatic carbocycles.